The topological polar surface area (TPSA) is 126 Å². The van der Waals surface area contributed by atoms with E-state index < -0.39 is 18.4 Å². The molecule has 3 aromatic rings. The zero-order valence-corrected chi connectivity index (χ0v) is 24.7. The number of carboxylic acid groups (broad SMARTS) is 1. The van der Waals surface area contributed by atoms with Crippen molar-refractivity contribution in [1.29, 1.82) is 0 Å². The summed E-state index contributed by atoms with van der Waals surface area (Å²) >= 11 is 0. The van der Waals surface area contributed by atoms with Gasteiger partial charge in [-0.3, -0.25) is 14.4 Å². The van der Waals surface area contributed by atoms with Crippen LogP contribution in [0.15, 0.2) is 42.5 Å². The Labute approximate surface area is 240 Å². The Balaban J connectivity index is 2.16. The smallest absolute Gasteiger partial charge is 0.322 e. The quantitative estimate of drug-likeness (QED) is 0.323. The van der Waals surface area contributed by atoms with E-state index in [-0.39, 0.29) is 17.5 Å². The van der Waals surface area contributed by atoms with Crippen molar-refractivity contribution in [2.75, 3.05) is 55.0 Å². The number of methoxy groups -OCH3 is 2. The molecule has 41 heavy (non-hydrogen) atoms. The summed E-state index contributed by atoms with van der Waals surface area (Å²) in [7, 11) is 8.87. The van der Waals surface area contributed by atoms with E-state index in [1.165, 1.54) is 14.2 Å². The van der Waals surface area contributed by atoms with E-state index in [9.17, 15) is 14.4 Å². The van der Waals surface area contributed by atoms with Crippen molar-refractivity contribution in [1.82, 2.24) is 24.9 Å². The molecule has 0 bridgehead atoms. The van der Waals surface area contributed by atoms with Gasteiger partial charge in [0.15, 0.2) is 5.69 Å². The van der Waals surface area contributed by atoms with Gasteiger partial charge in [-0.05, 0) is 74.9 Å². The molecule has 1 heterocycles. The summed E-state index contributed by atoms with van der Waals surface area (Å²) in [5, 5.41) is 16.0. The van der Waals surface area contributed by atoms with Gasteiger partial charge in [0.25, 0.3) is 11.8 Å². The lowest BCUT2D eigenvalue weighted by Crippen LogP contribution is -2.30. The van der Waals surface area contributed by atoms with Crippen LogP contribution in [0.3, 0.4) is 0 Å². The Hall–Kier alpha value is -4.38. The molecule has 220 valence electrons. The number of aliphatic carboxylic acids is 1. The van der Waals surface area contributed by atoms with E-state index in [1.807, 2.05) is 40.1 Å². The van der Waals surface area contributed by atoms with Crippen LogP contribution in [-0.2, 0) is 4.79 Å². The van der Waals surface area contributed by atoms with Gasteiger partial charge >= 0.3 is 5.97 Å². The van der Waals surface area contributed by atoms with E-state index in [0.29, 0.717) is 40.6 Å². The number of benzene rings is 2. The van der Waals surface area contributed by atoms with Gasteiger partial charge in [-0.1, -0.05) is 19.9 Å². The minimum Gasteiger partial charge on any atom is -0.496 e. The number of hydrogen-bond donors (Lipinski definition) is 2. The molecule has 0 fully saturated rings. The normalized spacial score (nSPS) is 11.0. The molecule has 0 saturated carbocycles. The number of rotatable bonds is 13. The second-order valence-corrected chi connectivity index (χ2v) is 10.3. The Morgan fingerprint density at radius 3 is 2.22 bits per heavy atom. The van der Waals surface area contributed by atoms with E-state index in [1.54, 1.807) is 47.0 Å². The molecular formula is C30H39N5O6. The fourth-order valence-electron chi connectivity index (χ4n) is 4.49. The van der Waals surface area contributed by atoms with Crippen LogP contribution in [0, 0.1) is 0 Å². The standard InChI is InChI=1S/C30H39N5O6/c1-19(2)21-16-20(30(39)34(5)15-9-14-33(3)4)12-13-23(21)35-24(17-22(32-35)29(38)31-18-27(36)37)28-25(40-6)10-8-11-26(28)41-7/h8,10-13,16-17,19H,9,14-15,18H2,1-7H3,(H,31,38)(H,36,37). The van der Waals surface area contributed by atoms with Crippen molar-refractivity contribution in [3.63, 3.8) is 0 Å². The fraction of sp³-hybridized carbons (Fsp3) is 0.400. The van der Waals surface area contributed by atoms with Crippen LogP contribution in [-0.4, -0.2) is 97.5 Å². The maximum atomic E-state index is 13.3. The van der Waals surface area contributed by atoms with Crippen molar-refractivity contribution < 1.29 is 29.0 Å². The van der Waals surface area contributed by atoms with Crippen LogP contribution in [0.5, 0.6) is 11.5 Å². The van der Waals surface area contributed by atoms with Crippen molar-refractivity contribution in [2.45, 2.75) is 26.2 Å². The highest BCUT2D eigenvalue weighted by Crippen LogP contribution is 2.40. The molecule has 2 amide bonds. The summed E-state index contributed by atoms with van der Waals surface area (Å²) in [4.78, 5) is 41.0. The summed E-state index contributed by atoms with van der Waals surface area (Å²) in [6, 6.07) is 12.3. The number of carbonyl (C=O) groups excluding carboxylic acids is 2. The third-order valence-corrected chi connectivity index (χ3v) is 6.60. The molecule has 2 N–H and O–H groups in total. The molecule has 1 aromatic heterocycles. The van der Waals surface area contributed by atoms with Gasteiger partial charge in [0, 0.05) is 19.2 Å². The molecule has 0 aliphatic rings. The van der Waals surface area contributed by atoms with Gasteiger partial charge in [-0.25, -0.2) is 4.68 Å². The predicted octanol–water partition coefficient (Wildman–Crippen LogP) is 3.52. The first-order valence-electron chi connectivity index (χ1n) is 13.3. The monoisotopic (exact) mass is 565 g/mol. The minimum atomic E-state index is -1.17. The highest BCUT2D eigenvalue weighted by Gasteiger charge is 2.25. The molecule has 2 aromatic carbocycles. The van der Waals surface area contributed by atoms with E-state index in [2.05, 4.69) is 15.3 Å². The summed E-state index contributed by atoms with van der Waals surface area (Å²) < 4.78 is 12.9. The van der Waals surface area contributed by atoms with Crippen molar-refractivity contribution in [2.24, 2.45) is 0 Å². The second-order valence-electron chi connectivity index (χ2n) is 10.3. The summed E-state index contributed by atoms with van der Waals surface area (Å²) in [5.41, 5.74) is 3.14. The fourth-order valence-corrected chi connectivity index (χ4v) is 4.49. The number of nitrogens with zero attached hydrogens (tertiary/aromatic N) is 4. The van der Waals surface area contributed by atoms with E-state index in [4.69, 9.17) is 14.6 Å². The minimum absolute atomic E-state index is 0.00213. The lowest BCUT2D eigenvalue weighted by atomic mass is 9.97. The molecule has 0 radical (unpaired) electrons. The predicted molar refractivity (Wildman–Crippen MR) is 156 cm³/mol. The van der Waals surface area contributed by atoms with Gasteiger partial charge in [0.05, 0.1) is 31.2 Å². The molecule has 0 unspecified atom stereocenters. The van der Waals surface area contributed by atoms with Gasteiger partial charge in [0.2, 0.25) is 0 Å². The Morgan fingerprint density at radius 1 is 1.00 bits per heavy atom. The summed E-state index contributed by atoms with van der Waals surface area (Å²) in [6.45, 7) is 4.99. The SMILES string of the molecule is COc1cccc(OC)c1-c1cc(C(=O)NCC(=O)O)nn1-c1ccc(C(=O)N(C)CCCN(C)C)cc1C(C)C. The van der Waals surface area contributed by atoms with Crippen LogP contribution in [0.2, 0.25) is 0 Å². The van der Waals surface area contributed by atoms with Crippen LogP contribution in [0.4, 0.5) is 0 Å². The number of carbonyl (C=O) groups is 3. The first-order valence-corrected chi connectivity index (χ1v) is 13.3. The van der Waals surface area contributed by atoms with Crippen LogP contribution in [0.1, 0.15) is 52.6 Å². The average molecular weight is 566 g/mol. The molecule has 0 saturated heterocycles. The van der Waals surface area contributed by atoms with Gasteiger partial charge < -0.3 is 29.7 Å². The first-order chi connectivity index (χ1) is 19.5. The largest absolute Gasteiger partial charge is 0.496 e. The van der Waals surface area contributed by atoms with Crippen LogP contribution < -0.4 is 14.8 Å². The third-order valence-electron chi connectivity index (χ3n) is 6.60. The number of nitrogens with one attached hydrogen (secondary N) is 1. The molecule has 3 rings (SSSR count). The molecule has 0 spiro atoms. The molecular weight excluding hydrogens is 526 g/mol. The third kappa shape index (κ3) is 7.43. The maximum absolute atomic E-state index is 13.3. The lowest BCUT2D eigenvalue weighted by Gasteiger charge is -2.21. The average Bonchev–Trinajstić information content (AvgIpc) is 3.39. The second kappa shape index (κ2) is 13.8. The molecule has 11 heteroatoms. The van der Waals surface area contributed by atoms with Crippen molar-refractivity contribution in [3.05, 3.63) is 59.3 Å². The highest BCUT2D eigenvalue weighted by molar-refractivity contribution is 5.96. The highest BCUT2D eigenvalue weighted by atomic mass is 16.5. The summed E-state index contributed by atoms with van der Waals surface area (Å²) in [6.07, 6.45) is 0.856. The zero-order valence-electron chi connectivity index (χ0n) is 24.7. The molecule has 0 aliphatic carbocycles. The van der Waals surface area contributed by atoms with E-state index in [0.717, 1.165) is 18.5 Å². The van der Waals surface area contributed by atoms with Gasteiger partial charge in [0.1, 0.15) is 18.0 Å². The van der Waals surface area contributed by atoms with E-state index >= 15 is 0 Å². The number of aromatic nitrogens is 2. The number of hydrogen-bond acceptors (Lipinski definition) is 7. The van der Waals surface area contributed by atoms with Gasteiger partial charge in [-0.2, -0.15) is 5.10 Å². The Kier molecular flexibility index (Phi) is 10.5. The van der Waals surface area contributed by atoms with Gasteiger partial charge in [-0.15, -0.1) is 0 Å². The van der Waals surface area contributed by atoms with Crippen molar-refractivity contribution >= 4 is 17.8 Å². The maximum Gasteiger partial charge on any atom is 0.322 e. The first kappa shape index (κ1) is 31.2. The number of ether oxygens (including phenoxy) is 2. The lowest BCUT2D eigenvalue weighted by molar-refractivity contribution is -0.135. The zero-order chi connectivity index (χ0) is 30.3. The summed E-state index contributed by atoms with van der Waals surface area (Å²) in [5.74, 6) is -0.895. The number of carboxylic acids is 1. The van der Waals surface area contributed by atoms with Crippen LogP contribution >= 0.6 is 0 Å². The van der Waals surface area contributed by atoms with Crippen LogP contribution in [0.25, 0.3) is 16.9 Å². The number of amides is 2. The van der Waals surface area contributed by atoms with Crippen molar-refractivity contribution in [3.8, 4) is 28.4 Å². The molecule has 0 aliphatic heterocycles. The Bertz CT molecular complexity index is 1380. The molecule has 0 atom stereocenters. The molecule has 11 nitrogen and oxygen atoms in total. The Morgan fingerprint density at radius 2 is 1.66 bits per heavy atom.